The van der Waals surface area contributed by atoms with Gasteiger partial charge in [0.1, 0.15) is 23.2 Å². The van der Waals surface area contributed by atoms with E-state index in [9.17, 15) is 5.26 Å². The first kappa shape index (κ1) is 14.5. The van der Waals surface area contributed by atoms with Crippen molar-refractivity contribution in [3.63, 3.8) is 0 Å². The molecule has 0 radical (unpaired) electrons. The number of hydrogen-bond acceptors (Lipinski definition) is 5. The van der Waals surface area contributed by atoms with Gasteiger partial charge in [-0.1, -0.05) is 30.3 Å². The van der Waals surface area contributed by atoms with Gasteiger partial charge in [-0.2, -0.15) is 5.26 Å². The van der Waals surface area contributed by atoms with E-state index in [1.165, 1.54) is 0 Å². The molecule has 1 aromatic heterocycles. The molecular formula is C18H14N4O. The highest BCUT2D eigenvalue weighted by atomic mass is 16.5. The molecule has 0 amide bonds. The summed E-state index contributed by atoms with van der Waals surface area (Å²) in [7, 11) is 1.60. The molecule has 2 aromatic carbocycles. The van der Waals surface area contributed by atoms with E-state index in [2.05, 4.69) is 16.0 Å². The number of aromatic nitrogens is 2. The van der Waals surface area contributed by atoms with E-state index in [0.29, 0.717) is 11.5 Å². The monoisotopic (exact) mass is 302 g/mol. The van der Waals surface area contributed by atoms with Crippen molar-refractivity contribution in [1.82, 2.24) is 9.97 Å². The molecule has 0 aliphatic rings. The molecule has 3 aromatic rings. The van der Waals surface area contributed by atoms with Crippen molar-refractivity contribution in [3.05, 3.63) is 60.2 Å². The van der Waals surface area contributed by atoms with Gasteiger partial charge in [-0.3, -0.25) is 0 Å². The van der Waals surface area contributed by atoms with E-state index in [0.717, 1.165) is 16.9 Å². The molecule has 0 fully saturated rings. The Morgan fingerprint density at radius 2 is 1.65 bits per heavy atom. The largest absolute Gasteiger partial charge is 0.497 e. The second-order valence-corrected chi connectivity index (χ2v) is 4.86. The zero-order valence-corrected chi connectivity index (χ0v) is 12.5. The van der Waals surface area contributed by atoms with E-state index in [-0.39, 0.29) is 11.4 Å². The molecule has 0 bridgehead atoms. The summed E-state index contributed by atoms with van der Waals surface area (Å²) in [6.45, 7) is 0. The van der Waals surface area contributed by atoms with Gasteiger partial charge >= 0.3 is 0 Å². The minimum atomic E-state index is 0.173. The van der Waals surface area contributed by atoms with Crippen molar-refractivity contribution >= 4 is 5.82 Å². The van der Waals surface area contributed by atoms with Gasteiger partial charge in [0, 0.05) is 11.1 Å². The van der Waals surface area contributed by atoms with Gasteiger partial charge in [-0.25, -0.2) is 9.97 Å². The number of nitrogens with two attached hydrogens (primary N) is 1. The lowest BCUT2D eigenvalue weighted by Gasteiger charge is -2.09. The summed E-state index contributed by atoms with van der Waals surface area (Å²) >= 11 is 0. The number of nitrogens with zero attached hydrogens (tertiary/aromatic N) is 3. The topological polar surface area (TPSA) is 84.8 Å². The van der Waals surface area contributed by atoms with E-state index in [1.807, 2.05) is 54.6 Å². The molecule has 0 saturated carbocycles. The Labute approximate surface area is 134 Å². The second kappa shape index (κ2) is 6.16. The van der Waals surface area contributed by atoms with Crippen LogP contribution < -0.4 is 10.5 Å². The van der Waals surface area contributed by atoms with Crippen molar-refractivity contribution in [3.8, 4) is 34.5 Å². The first-order chi connectivity index (χ1) is 11.2. The minimum Gasteiger partial charge on any atom is -0.497 e. The summed E-state index contributed by atoms with van der Waals surface area (Å²) in [5.41, 5.74) is 8.39. The highest BCUT2D eigenvalue weighted by molar-refractivity contribution is 5.75. The highest BCUT2D eigenvalue weighted by Crippen LogP contribution is 2.28. The normalized spacial score (nSPS) is 10.1. The van der Waals surface area contributed by atoms with Crippen LogP contribution in [0.2, 0.25) is 0 Å². The molecule has 1 heterocycles. The van der Waals surface area contributed by atoms with Gasteiger partial charge in [0.25, 0.3) is 0 Å². The van der Waals surface area contributed by atoms with Crippen LogP contribution in [0.1, 0.15) is 5.56 Å². The standard InChI is InChI=1S/C18H14N4O/c1-23-14-9-7-12(8-10-14)16-15(11-19)17(20)22-18(21-16)13-5-3-2-4-6-13/h2-10H,1H3,(H2,20,21,22). The molecule has 0 saturated heterocycles. The molecule has 5 nitrogen and oxygen atoms in total. The van der Waals surface area contributed by atoms with Crippen LogP contribution in [0.15, 0.2) is 54.6 Å². The quantitative estimate of drug-likeness (QED) is 0.802. The number of rotatable bonds is 3. The van der Waals surface area contributed by atoms with Crippen LogP contribution in [0.3, 0.4) is 0 Å². The van der Waals surface area contributed by atoms with Crippen LogP contribution in [0.5, 0.6) is 5.75 Å². The van der Waals surface area contributed by atoms with Crippen LogP contribution in [0, 0.1) is 11.3 Å². The molecule has 5 heteroatoms. The second-order valence-electron chi connectivity index (χ2n) is 4.86. The van der Waals surface area contributed by atoms with E-state index < -0.39 is 0 Å². The van der Waals surface area contributed by atoms with Crippen molar-refractivity contribution < 1.29 is 4.74 Å². The SMILES string of the molecule is COc1ccc(-c2nc(-c3ccccc3)nc(N)c2C#N)cc1. The molecule has 0 spiro atoms. The molecule has 0 atom stereocenters. The molecule has 0 unspecified atom stereocenters. The van der Waals surface area contributed by atoms with Crippen LogP contribution in [-0.2, 0) is 0 Å². The summed E-state index contributed by atoms with van der Waals surface area (Å²) in [6, 6.07) is 18.9. The lowest BCUT2D eigenvalue weighted by molar-refractivity contribution is 0.415. The third kappa shape index (κ3) is 2.83. The number of methoxy groups -OCH3 is 1. The fraction of sp³-hybridized carbons (Fsp3) is 0.0556. The van der Waals surface area contributed by atoms with Crippen LogP contribution in [0.25, 0.3) is 22.6 Å². The summed E-state index contributed by atoms with van der Waals surface area (Å²) in [4.78, 5) is 8.80. The lowest BCUT2D eigenvalue weighted by atomic mass is 10.1. The van der Waals surface area contributed by atoms with E-state index in [1.54, 1.807) is 7.11 Å². The highest BCUT2D eigenvalue weighted by Gasteiger charge is 2.15. The number of nitriles is 1. The third-order valence-electron chi connectivity index (χ3n) is 3.44. The van der Waals surface area contributed by atoms with Gasteiger partial charge in [-0.05, 0) is 24.3 Å². The van der Waals surface area contributed by atoms with E-state index in [4.69, 9.17) is 10.5 Å². The van der Waals surface area contributed by atoms with Gasteiger partial charge in [0.05, 0.1) is 12.8 Å². The Morgan fingerprint density at radius 1 is 0.957 bits per heavy atom. The zero-order valence-electron chi connectivity index (χ0n) is 12.5. The Balaban J connectivity index is 2.18. The van der Waals surface area contributed by atoms with Gasteiger partial charge in [0.15, 0.2) is 5.82 Å². The Morgan fingerprint density at radius 3 is 2.26 bits per heavy atom. The van der Waals surface area contributed by atoms with Gasteiger partial charge < -0.3 is 10.5 Å². The molecule has 3 rings (SSSR count). The van der Waals surface area contributed by atoms with Crippen LogP contribution in [0.4, 0.5) is 5.82 Å². The Bertz CT molecular complexity index is 868. The first-order valence-corrected chi connectivity index (χ1v) is 7.00. The fourth-order valence-corrected chi connectivity index (χ4v) is 2.26. The molecule has 2 N–H and O–H groups in total. The number of hydrogen-bond donors (Lipinski definition) is 1. The maximum Gasteiger partial charge on any atom is 0.162 e. The van der Waals surface area contributed by atoms with Gasteiger partial charge in [-0.15, -0.1) is 0 Å². The van der Waals surface area contributed by atoms with Crippen molar-refractivity contribution in [1.29, 1.82) is 5.26 Å². The fourth-order valence-electron chi connectivity index (χ4n) is 2.26. The smallest absolute Gasteiger partial charge is 0.162 e. The molecular weight excluding hydrogens is 288 g/mol. The minimum absolute atomic E-state index is 0.173. The van der Waals surface area contributed by atoms with Crippen molar-refractivity contribution in [2.75, 3.05) is 12.8 Å². The van der Waals surface area contributed by atoms with E-state index >= 15 is 0 Å². The number of anilines is 1. The third-order valence-corrected chi connectivity index (χ3v) is 3.44. The average molecular weight is 302 g/mol. The number of benzene rings is 2. The van der Waals surface area contributed by atoms with Crippen molar-refractivity contribution in [2.45, 2.75) is 0 Å². The van der Waals surface area contributed by atoms with Crippen molar-refractivity contribution in [2.24, 2.45) is 0 Å². The molecule has 0 aliphatic carbocycles. The van der Waals surface area contributed by atoms with Crippen LogP contribution >= 0.6 is 0 Å². The molecule has 112 valence electrons. The number of ether oxygens (including phenoxy) is 1. The maximum atomic E-state index is 9.39. The predicted molar refractivity (Wildman–Crippen MR) is 88.6 cm³/mol. The lowest BCUT2D eigenvalue weighted by Crippen LogP contribution is -2.03. The first-order valence-electron chi connectivity index (χ1n) is 7.00. The maximum absolute atomic E-state index is 9.39. The average Bonchev–Trinajstić information content (AvgIpc) is 2.62. The Hall–Kier alpha value is -3.39. The summed E-state index contributed by atoms with van der Waals surface area (Å²) in [6.07, 6.45) is 0. The number of nitrogen functional groups attached to an aromatic ring is 1. The molecule has 0 aliphatic heterocycles. The Kier molecular flexibility index (Phi) is 3.89. The zero-order chi connectivity index (χ0) is 16.2. The summed E-state index contributed by atoms with van der Waals surface area (Å²) in [5.74, 6) is 1.40. The summed E-state index contributed by atoms with van der Waals surface area (Å²) < 4.78 is 5.16. The molecule has 23 heavy (non-hydrogen) atoms. The van der Waals surface area contributed by atoms with Gasteiger partial charge in [0.2, 0.25) is 0 Å². The van der Waals surface area contributed by atoms with Crippen LogP contribution in [-0.4, -0.2) is 17.1 Å². The summed E-state index contributed by atoms with van der Waals surface area (Å²) in [5, 5.41) is 9.39. The predicted octanol–water partition coefficient (Wildman–Crippen LogP) is 3.27.